The third-order valence-electron chi connectivity index (χ3n) is 5.18. The van der Waals surface area contributed by atoms with Crippen LogP contribution in [0.25, 0.3) is 0 Å². The molecule has 3 rings (SSSR count). The predicted octanol–water partition coefficient (Wildman–Crippen LogP) is 2.59. The normalized spacial score (nSPS) is 17.0. The molecule has 0 bridgehead atoms. The fourth-order valence-electron chi connectivity index (χ4n) is 3.36. The van der Waals surface area contributed by atoms with Gasteiger partial charge in [0.15, 0.2) is 17.5 Å². The number of hydrogen-bond donors (Lipinski definition) is 2. The molecule has 0 spiro atoms. The van der Waals surface area contributed by atoms with Crippen molar-refractivity contribution in [1.29, 1.82) is 0 Å². The topological polar surface area (TPSA) is 67.4 Å². The minimum atomic E-state index is -0.100. The fourth-order valence-corrected chi connectivity index (χ4v) is 3.36. The summed E-state index contributed by atoms with van der Waals surface area (Å²) >= 11 is 0. The molecule has 1 aromatic carbocycles. The maximum absolute atomic E-state index is 5.52. The minimum Gasteiger partial charge on any atom is -0.454 e. The molecule has 0 radical (unpaired) electrons. The Balaban J connectivity index is 0.00000300. The molecule has 2 aliphatic rings. The summed E-state index contributed by atoms with van der Waals surface area (Å²) in [6, 6.07) is 6.16. The van der Waals surface area contributed by atoms with Gasteiger partial charge in [0.05, 0.1) is 19.8 Å². The van der Waals surface area contributed by atoms with Crippen LogP contribution in [-0.2, 0) is 10.2 Å². The summed E-state index contributed by atoms with van der Waals surface area (Å²) in [5.74, 6) is 2.51. The van der Waals surface area contributed by atoms with E-state index < -0.39 is 0 Å². The van der Waals surface area contributed by atoms with Crippen molar-refractivity contribution in [2.24, 2.45) is 4.99 Å². The van der Waals surface area contributed by atoms with Crippen LogP contribution in [0, 0.1) is 0 Å². The molecule has 8 heteroatoms. The van der Waals surface area contributed by atoms with E-state index in [0.29, 0.717) is 13.3 Å². The van der Waals surface area contributed by atoms with Gasteiger partial charge >= 0.3 is 0 Å². The van der Waals surface area contributed by atoms with Gasteiger partial charge in [-0.05, 0) is 37.6 Å². The number of rotatable bonds is 8. The van der Waals surface area contributed by atoms with Crippen molar-refractivity contribution in [3.63, 3.8) is 0 Å². The van der Waals surface area contributed by atoms with Gasteiger partial charge in [-0.2, -0.15) is 0 Å². The Morgan fingerprint density at radius 1 is 1.14 bits per heavy atom. The summed E-state index contributed by atoms with van der Waals surface area (Å²) in [5.41, 5.74) is 1.10. The summed E-state index contributed by atoms with van der Waals surface area (Å²) < 4.78 is 16.3. The number of nitrogens with zero attached hydrogens (tertiary/aromatic N) is 2. The highest BCUT2D eigenvalue weighted by Crippen LogP contribution is 2.36. The summed E-state index contributed by atoms with van der Waals surface area (Å²) in [7, 11) is 0. The lowest BCUT2D eigenvalue weighted by molar-refractivity contribution is 0.0376. The zero-order valence-electron chi connectivity index (χ0n) is 17.8. The van der Waals surface area contributed by atoms with Crippen LogP contribution < -0.4 is 20.1 Å². The first kappa shape index (κ1) is 24.0. The number of nitrogens with one attached hydrogen (secondary N) is 2. The van der Waals surface area contributed by atoms with Crippen molar-refractivity contribution in [3.05, 3.63) is 23.8 Å². The fraction of sp³-hybridized carbons (Fsp3) is 0.667. The molecule has 1 saturated heterocycles. The highest BCUT2D eigenvalue weighted by molar-refractivity contribution is 14.0. The van der Waals surface area contributed by atoms with Crippen molar-refractivity contribution in [1.82, 2.24) is 15.5 Å². The van der Waals surface area contributed by atoms with E-state index >= 15 is 0 Å². The number of ether oxygens (including phenoxy) is 3. The number of halogens is 1. The third-order valence-corrected chi connectivity index (χ3v) is 5.18. The van der Waals surface area contributed by atoms with E-state index in [4.69, 9.17) is 19.2 Å². The van der Waals surface area contributed by atoms with Crippen molar-refractivity contribution >= 4 is 29.9 Å². The van der Waals surface area contributed by atoms with Crippen molar-refractivity contribution in [3.8, 4) is 11.5 Å². The minimum absolute atomic E-state index is 0. The van der Waals surface area contributed by atoms with Gasteiger partial charge in [-0.25, -0.2) is 0 Å². The molecule has 29 heavy (non-hydrogen) atoms. The predicted molar refractivity (Wildman–Crippen MR) is 127 cm³/mol. The summed E-state index contributed by atoms with van der Waals surface area (Å²) in [6.45, 7) is 14.1. The van der Waals surface area contributed by atoms with Crippen LogP contribution in [0.4, 0.5) is 0 Å². The second-order valence-electron chi connectivity index (χ2n) is 7.88. The smallest absolute Gasteiger partial charge is 0.231 e. The van der Waals surface area contributed by atoms with Crippen molar-refractivity contribution in [2.45, 2.75) is 32.6 Å². The number of fused-ring (bicyclic) bond motifs is 1. The SMILES string of the molecule is CCNC(=NCC(C)(C)c1ccc2c(c1)OCO2)NCCCN1CCOCC1.I. The van der Waals surface area contributed by atoms with Crippen molar-refractivity contribution in [2.75, 3.05) is 59.3 Å². The van der Waals surface area contributed by atoms with Gasteiger partial charge in [0.2, 0.25) is 6.79 Å². The van der Waals surface area contributed by atoms with E-state index in [1.165, 1.54) is 5.56 Å². The van der Waals surface area contributed by atoms with Gasteiger partial charge in [-0.15, -0.1) is 24.0 Å². The molecule has 2 aliphatic heterocycles. The van der Waals surface area contributed by atoms with Crippen LogP contribution >= 0.6 is 24.0 Å². The molecule has 0 aromatic heterocycles. The van der Waals surface area contributed by atoms with Crippen LogP contribution in [0.3, 0.4) is 0 Å². The van der Waals surface area contributed by atoms with E-state index in [9.17, 15) is 0 Å². The van der Waals surface area contributed by atoms with Crippen LogP contribution in [0.2, 0.25) is 0 Å². The molecule has 0 amide bonds. The van der Waals surface area contributed by atoms with Gasteiger partial charge < -0.3 is 24.8 Å². The Morgan fingerprint density at radius 3 is 2.66 bits per heavy atom. The molecule has 2 N–H and O–H groups in total. The van der Waals surface area contributed by atoms with E-state index in [1.807, 2.05) is 6.07 Å². The number of hydrogen-bond acceptors (Lipinski definition) is 5. The van der Waals surface area contributed by atoms with Crippen LogP contribution in [0.5, 0.6) is 11.5 Å². The zero-order valence-corrected chi connectivity index (χ0v) is 20.2. The first-order valence-corrected chi connectivity index (χ1v) is 10.3. The number of benzene rings is 1. The maximum Gasteiger partial charge on any atom is 0.231 e. The van der Waals surface area contributed by atoms with E-state index in [-0.39, 0.29) is 29.4 Å². The first-order chi connectivity index (χ1) is 13.6. The first-order valence-electron chi connectivity index (χ1n) is 10.3. The lowest BCUT2D eigenvalue weighted by Gasteiger charge is -2.26. The van der Waals surface area contributed by atoms with Gasteiger partial charge in [0.25, 0.3) is 0 Å². The molecule has 2 heterocycles. The molecule has 7 nitrogen and oxygen atoms in total. The molecule has 0 atom stereocenters. The van der Waals surface area contributed by atoms with E-state index in [1.54, 1.807) is 0 Å². The Kier molecular flexibility index (Phi) is 9.78. The summed E-state index contributed by atoms with van der Waals surface area (Å²) in [6.07, 6.45) is 1.09. The largest absolute Gasteiger partial charge is 0.454 e. The Labute approximate surface area is 191 Å². The molecule has 0 saturated carbocycles. The molecule has 0 unspecified atom stereocenters. The monoisotopic (exact) mass is 518 g/mol. The number of aliphatic imine (C=N–C) groups is 1. The van der Waals surface area contributed by atoms with Crippen LogP contribution in [0.15, 0.2) is 23.2 Å². The second kappa shape index (κ2) is 11.8. The van der Waals surface area contributed by atoms with Crippen molar-refractivity contribution < 1.29 is 14.2 Å². The third kappa shape index (κ3) is 7.18. The van der Waals surface area contributed by atoms with Crippen LogP contribution in [0.1, 0.15) is 32.8 Å². The lowest BCUT2D eigenvalue weighted by atomic mass is 9.84. The van der Waals surface area contributed by atoms with Gasteiger partial charge in [0.1, 0.15) is 0 Å². The molecule has 164 valence electrons. The second-order valence-corrected chi connectivity index (χ2v) is 7.88. The van der Waals surface area contributed by atoms with E-state index in [2.05, 4.69) is 48.4 Å². The molecule has 0 aliphatic carbocycles. The summed E-state index contributed by atoms with van der Waals surface area (Å²) in [4.78, 5) is 7.28. The molecule has 1 fully saturated rings. The van der Waals surface area contributed by atoms with E-state index in [0.717, 1.165) is 69.8 Å². The molecular weight excluding hydrogens is 483 g/mol. The molecular formula is C21H35IN4O3. The Bertz CT molecular complexity index is 663. The Morgan fingerprint density at radius 2 is 1.90 bits per heavy atom. The van der Waals surface area contributed by atoms with Gasteiger partial charge in [0, 0.05) is 31.6 Å². The Hall–Kier alpha value is -1.26. The highest BCUT2D eigenvalue weighted by Gasteiger charge is 2.24. The lowest BCUT2D eigenvalue weighted by Crippen LogP contribution is -2.41. The maximum atomic E-state index is 5.52. The van der Waals surface area contributed by atoms with Gasteiger partial charge in [-0.3, -0.25) is 9.89 Å². The number of guanidine groups is 1. The molecule has 1 aromatic rings. The quantitative estimate of drug-likeness (QED) is 0.239. The van der Waals surface area contributed by atoms with Gasteiger partial charge in [-0.1, -0.05) is 19.9 Å². The zero-order chi connectivity index (χ0) is 19.8. The average molecular weight is 518 g/mol. The number of morpholine rings is 1. The summed E-state index contributed by atoms with van der Waals surface area (Å²) in [5, 5.41) is 6.81. The highest BCUT2D eigenvalue weighted by atomic mass is 127. The van der Waals surface area contributed by atoms with Crippen LogP contribution in [-0.4, -0.2) is 70.1 Å². The average Bonchev–Trinajstić information content (AvgIpc) is 3.18. The standard InChI is InChI=1S/C21H34N4O3.HI/c1-4-22-20(23-8-5-9-25-10-12-26-13-11-25)24-15-21(2,3)17-6-7-18-19(14-17)28-16-27-18;/h6-7,14H,4-5,8-13,15-16H2,1-3H3,(H2,22,23,24);1H.